The van der Waals surface area contributed by atoms with Crippen LogP contribution in [-0.2, 0) is 47.7 Å². The van der Waals surface area contributed by atoms with Crippen LogP contribution in [0.3, 0.4) is 0 Å². The molecule has 0 aromatic rings. The second-order valence-corrected chi connectivity index (χ2v) is 18.4. The Kier molecular flexibility index (Phi) is 47.3. The molecule has 0 N–H and O–H groups in total. The van der Waals surface area contributed by atoms with Crippen LogP contribution in [0.2, 0.25) is 0 Å². The van der Waals surface area contributed by atoms with Gasteiger partial charge in [0.05, 0.1) is 32.6 Å². The average Bonchev–Trinajstić information content (AvgIpc) is 3.29. The number of carbonyl (C=O) groups excluding carboxylic acids is 5. The zero-order valence-corrected chi connectivity index (χ0v) is 42.9. The second kappa shape index (κ2) is 49.7. The Morgan fingerprint density at radius 2 is 0.682 bits per heavy atom. The quantitative estimate of drug-likeness (QED) is 0.0250. The van der Waals surface area contributed by atoms with Crippen LogP contribution < -0.4 is 0 Å². The fourth-order valence-corrected chi connectivity index (χ4v) is 7.42. The van der Waals surface area contributed by atoms with Crippen LogP contribution in [0.4, 0.5) is 0 Å². The third-order valence-electron chi connectivity index (χ3n) is 11.5. The van der Waals surface area contributed by atoms with E-state index in [-0.39, 0.29) is 64.0 Å². The van der Waals surface area contributed by atoms with Crippen LogP contribution >= 0.6 is 0 Å². The molecule has 0 aliphatic rings. The lowest BCUT2D eigenvalue weighted by Crippen LogP contribution is -2.31. The van der Waals surface area contributed by atoms with Crippen molar-refractivity contribution in [2.45, 2.75) is 251 Å². The maximum atomic E-state index is 12.8. The van der Waals surface area contributed by atoms with Gasteiger partial charge in [-0.1, -0.05) is 167 Å². The largest absolute Gasteiger partial charge is 0.466 e. The highest BCUT2D eigenvalue weighted by atomic mass is 16.6. The minimum Gasteiger partial charge on any atom is -0.466 e. The molecule has 384 valence electrons. The maximum Gasteiger partial charge on any atom is 0.320 e. The number of rotatable bonds is 49. The van der Waals surface area contributed by atoms with Gasteiger partial charge in [-0.25, -0.2) is 0 Å². The van der Waals surface area contributed by atoms with Crippen LogP contribution in [0.25, 0.3) is 0 Å². The Balaban J connectivity index is 4.48. The van der Waals surface area contributed by atoms with Crippen molar-refractivity contribution in [1.82, 2.24) is 4.90 Å². The number of unbranched alkanes of at least 4 members (excludes halogenated alkanes) is 27. The van der Waals surface area contributed by atoms with Gasteiger partial charge in [0.1, 0.15) is 13.2 Å². The highest BCUT2D eigenvalue weighted by Crippen LogP contribution is 2.14. The van der Waals surface area contributed by atoms with Gasteiger partial charge in [0.15, 0.2) is 6.10 Å². The van der Waals surface area contributed by atoms with E-state index >= 15 is 0 Å². The van der Waals surface area contributed by atoms with Gasteiger partial charge in [0.25, 0.3) is 0 Å². The van der Waals surface area contributed by atoms with E-state index in [1.807, 2.05) is 14.1 Å². The Morgan fingerprint density at radius 1 is 0.364 bits per heavy atom. The average molecular weight is 934 g/mol. The van der Waals surface area contributed by atoms with Crippen molar-refractivity contribution in [3.05, 3.63) is 24.3 Å². The molecule has 0 aliphatic carbocycles. The van der Waals surface area contributed by atoms with Gasteiger partial charge in [-0.15, -0.1) is 0 Å². The molecule has 1 atom stereocenters. The van der Waals surface area contributed by atoms with Gasteiger partial charge in [0, 0.05) is 12.8 Å². The van der Waals surface area contributed by atoms with E-state index in [1.165, 1.54) is 89.9 Å². The first-order valence-electron chi connectivity index (χ1n) is 26.9. The van der Waals surface area contributed by atoms with Crippen LogP contribution in [0, 0.1) is 0 Å². The van der Waals surface area contributed by atoms with Gasteiger partial charge in [-0.2, -0.15) is 0 Å². The van der Waals surface area contributed by atoms with Crippen LogP contribution in [0.15, 0.2) is 24.3 Å². The molecule has 0 heterocycles. The van der Waals surface area contributed by atoms with Crippen molar-refractivity contribution in [1.29, 1.82) is 0 Å². The molecular weight excluding hydrogens is 835 g/mol. The number of hydrogen-bond acceptors (Lipinski definition) is 11. The summed E-state index contributed by atoms with van der Waals surface area (Å²) < 4.78 is 27.0. The van der Waals surface area contributed by atoms with Crippen molar-refractivity contribution < 1.29 is 47.7 Å². The van der Waals surface area contributed by atoms with Gasteiger partial charge in [-0.3, -0.25) is 28.9 Å². The molecule has 0 aliphatic heterocycles. The van der Waals surface area contributed by atoms with Crippen molar-refractivity contribution >= 4 is 29.8 Å². The van der Waals surface area contributed by atoms with Gasteiger partial charge in [0.2, 0.25) is 0 Å². The molecule has 0 radical (unpaired) electrons. The molecule has 0 rings (SSSR count). The number of likely N-dealkylation sites (N-methyl/N-ethyl adjacent to an activating group) is 1. The van der Waals surface area contributed by atoms with E-state index in [0.29, 0.717) is 13.0 Å². The normalized spacial score (nSPS) is 12.0. The van der Waals surface area contributed by atoms with Gasteiger partial charge in [-0.05, 0) is 91.1 Å². The summed E-state index contributed by atoms with van der Waals surface area (Å²) in [6.45, 7) is 5.05. The lowest BCUT2D eigenvalue weighted by Gasteiger charge is -2.18. The number of ether oxygens (including phenoxy) is 5. The molecular formula is C55H99NO10. The van der Waals surface area contributed by atoms with Crippen molar-refractivity contribution in [2.24, 2.45) is 0 Å². The Labute approximate surface area is 403 Å². The fourth-order valence-electron chi connectivity index (χ4n) is 7.42. The number of carbonyl (C=O) groups is 5. The number of esters is 5. The molecule has 11 heteroatoms. The van der Waals surface area contributed by atoms with Crippen LogP contribution in [0.1, 0.15) is 245 Å². The molecule has 0 fully saturated rings. The molecule has 66 heavy (non-hydrogen) atoms. The Bertz CT molecular complexity index is 1220. The Hall–Kier alpha value is -3.21. The topological polar surface area (TPSA) is 135 Å². The summed E-state index contributed by atoms with van der Waals surface area (Å²) in [6, 6.07) is 0. The molecule has 0 bridgehead atoms. The highest BCUT2D eigenvalue weighted by molar-refractivity contribution is 5.77. The summed E-state index contributed by atoms with van der Waals surface area (Å²) in [5, 5.41) is 0. The molecule has 0 saturated carbocycles. The van der Waals surface area contributed by atoms with E-state index in [9.17, 15) is 24.0 Å². The van der Waals surface area contributed by atoms with E-state index in [1.54, 1.807) is 4.90 Å². The zero-order chi connectivity index (χ0) is 48.4. The minimum absolute atomic E-state index is 0.115. The second-order valence-electron chi connectivity index (χ2n) is 18.4. The Morgan fingerprint density at radius 3 is 1.09 bits per heavy atom. The summed E-state index contributed by atoms with van der Waals surface area (Å²) in [5.41, 5.74) is 0. The molecule has 0 spiro atoms. The number of hydrogen-bond donors (Lipinski definition) is 0. The van der Waals surface area contributed by atoms with E-state index < -0.39 is 24.0 Å². The molecule has 0 amide bonds. The van der Waals surface area contributed by atoms with Gasteiger partial charge < -0.3 is 23.7 Å². The summed E-state index contributed by atoms with van der Waals surface area (Å²) in [4.78, 5) is 63.6. The standard InChI is InChI=1S/C55H99NO10/c1-5-7-9-11-13-15-17-19-21-23-25-27-29-33-37-41-51(57)64-48-50(66-54(60)42-38-34-30-28-26-24-22-20-18-16-14-12-10-8-6-2)49-65-53(59)44-43-52(58)62-45-39-35-31-32-36-40-46-63-55(61)47-56(3)4/h19-22,50H,5-18,23-49H2,1-4H3/b21-19-,22-20-/t50-/m1/s1. The summed E-state index contributed by atoms with van der Waals surface area (Å²) >= 11 is 0. The maximum absolute atomic E-state index is 12.8. The fraction of sp³-hybridized carbons (Fsp3) is 0.836. The molecule has 0 unspecified atom stereocenters. The van der Waals surface area contributed by atoms with Crippen molar-refractivity contribution in [3.63, 3.8) is 0 Å². The summed E-state index contributed by atoms with van der Waals surface area (Å²) in [6.07, 6.45) is 44.4. The zero-order valence-electron chi connectivity index (χ0n) is 42.9. The van der Waals surface area contributed by atoms with E-state index in [2.05, 4.69) is 38.2 Å². The first-order valence-corrected chi connectivity index (χ1v) is 26.9. The predicted molar refractivity (Wildman–Crippen MR) is 268 cm³/mol. The van der Waals surface area contributed by atoms with Crippen LogP contribution in [-0.4, -0.2) is 87.9 Å². The predicted octanol–water partition coefficient (Wildman–Crippen LogP) is 13.8. The molecule has 0 saturated heterocycles. The molecule has 0 aromatic carbocycles. The van der Waals surface area contributed by atoms with Gasteiger partial charge >= 0.3 is 29.8 Å². The minimum atomic E-state index is -0.923. The third kappa shape index (κ3) is 48.7. The summed E-state index contributed by atoms with van der Waals surface area (Å²) in [7, 11) is 3.66. The smallest absolute Gasteiger partial charge is 0.320 e. The van der Waals surface area contributed by atoms with E-state index in [0.717, 1.165) is 109 Å². The lowest BCUT2D eigenvalue weighted by molar-refractivity contribution is -0.167. The van der Waals surface area contributed by atoms with Crippen molar-refractivity contribution in [3.8, 4) is 0 Å². The number of allylic oxidation sites excluding steroid dienone is 4. The van der Waals surface area contributed by atoms with E-state index in [4.69, 9.17) is 23.7 Å². The third-order valence-corrected chi connectivity index (χ3v) is 11.5. The highest BCUT2D eigenvalue weighted by Gasteiger charge is 2.20. The van der Waals surface area contributed by atoms with Crippen molar-refractivity contribution in [2.75, 3.05) is 47.1 Å². The first kappa shape index (κ1) is 62.8. The molecule has 11 nitrogen and oxygen atoms in total. The number of nitrogens with zero attached hydrogens (tertiary/aromatic N) is 1. The lowest BCUT2D eigenvalue weighted by atomic mass is 10.1. The molecule has 0 aromatic heterocycles. The van der Waals surface area contributed by atoms with Crippen LogP contribution in [0.5, 0.6) is 0 Å². The first-order chi connectivity index (χ1) is 32.2. The SMILES string of the molecule is CCCCCCCC/C=C\CCCCCCCC(=O)OC[C@H](COC(=O)CCC(=O)OCCCCCCCCOC(=O)CN(C)C)OC(=O)CCCCCCC/C=C\CCCCCCCC. The summed E-state index contributed by atoms with van der Waals surface area (Å²) in [5.74, 6) is -2.07. The monoisotopic (exact) mass is 934 g/mol.